The minimum atomic E-state index is 0.252. The van der Waals surface area contributed by atoms with Crippen LogP contribution >= 0.6 is 0 Å². The van der Waals surface area contributed by atoms with Crippen LogP contribution in [0.4, 0.5) is 0 Å². The van der Waals surface area contributed by atoms with Crippen LogP contribution in [0.3, 0.4) is 0 Å². The second-order valence-corrected chi connectivity index (χ2v) is 6.99. The van der Waals surface area contributed by atoms with E-state index in [1.165, 1.54) is 43.2 Å². The molecule has 1 aromatic carbocycles. The smallest absolute Gasteiger partial charge is 0.0518 e. The number of unbranched alkanes of at least 4 members (excludes halogenated alkanes) is 3. The Kier molecular flexibility index (Phi) is 7.29. The van der Waals surface area contributed by atoms with Crippen LogP contribution in [0.25, 0.3) is 0 Å². The maximum Gasteiger partial charge on any atom is 0.0518 e. The Morgan fingerprint density at radius 3 is 2.25 bits per heavy atom. The van der Waals surface area contributed by atoms with E-state index in [2.05, 4.69) is 58.9 Å². The summed E-state index contributed by atoms with van der Waals surface area (Å²) in [5, 5.41) is 0. The van der Waals surface area contributed by atoms with Gasteiger partial charge < -0.3 is 4.74 Å². The van der Waals surface area contributed by atoms with Crippen LogP contribution in [0.2, 0.25) is 0 Å². The fraction of sp³-hybridized carbons (Fsp3) is 0.684. The monoisotopic (exact) mass is 276 g/mol. The zero-order chi connectivity index (χ0) is 15.0. The van der Waals surface area contributed by atoms with Crippen molar-refractivity contribution >= 4 is 0 Å². The molecular weight excluding hydrogens is 244 g/mol. The molecule has 0 bridgehead atoms. The average molecular weight is 276 g/mol. The van der Waals surface area contributed by atoms with E-state index in [1.54, 1.807) is 0 Å². The third-order valence-electron chi connectivity index (χ3n) is 3.62. The molecule has 0 amide bonds. The Balaban J connectivity index is 2.29. The van der Waals surface area contributed by atoms with Crippen LogP contribution in [0.1, 0.15) is 71.4 Å². The van der Waals surface area contributed by atoms with E-state index in [0.29, 0.717) is 6.10 Å². The molecule has 0 radical (unpaired) electrons. The molecule has 0 aromatic heterocycles. The highest BCUT2D eigenvalue weighted by Crippen LogP contribution is 2.26. The summed E-state index contributed by atoms with van der Waals surface area (Å²) in [6.45, 7) is 12.0. The molecule has 0 saturated carbocycles. The average Bonchev–Trinajstić information content (AvgIpc) is 2.36. The van der Waals surface area contributed by atoms with Crippen molar-refractivity contribution in [2.75, 3.05) is 6.61 Å². The summed E-state index contributed by atoms with van der Waals surface area (Å²) in [5.41, 5.74) is 3.28. The van der Waals surface area contributed by atoms with E-state index in [-0.39, 0.29) is 5.41 Å². The molecule has 0 spiro atoms. The molecule has 0 aliphatic heterocycles. The van der Waals surface area contributed by atoms with Gasteiger partial charge in [0.2, 0.25) is 0 Å². The van der Waals surface area contributed by atoms with Crippen LogP contribution < -0.4 is 0 Å². The molecule has 1 nitrogen and oxygen atoms in total. The number of hydrogen-bond acceptors (Lipinski definition) is 1. The summed E-state index contributed by atoms with van der Waals surface area (Å²) >= 11 is 0. The Morgan fingerprint density at radius 2 is 1.60 bits per heavy atom. The molecule has 0 saturated heterocycles. The van der Waals surface area contributed by atoms with Crippen molar-refractivity contribution in [3.63, 3.8) is 0 Å². The van der Waals surface area contributed by atoms with Crippen molar-refractivity contribution in [2.45, 2.75) is 78.2 Å². The maximum atomic E-state index is 5.57. The lowest BCUT2D eigenvalue weighted by Gasteiger charge is -2.23. The SMILES string of the molecule is CC(C)OCCCCCCc1ccccc1C(C)(C)C. The zero-order valence-corrected chi connectivity index (χ0v) is 14.0. The molecule has 0 heterocycles. The van der Waals surface area contributed by atoms with Gasteiger partial charge in [0.25, 0.3) is 0 Å². The molecule has 20 heavy (non-hydrogen) atoms. The van der Waals surface area contributed by atoms with Crippen LogP contribution in [-0.2, 0) is 16.6 Å². The summed E-state index contributed by atoms with van der Waals surface area (Å²) in [7, 11) is 0. The molecule has 0 aliphatic carbocycles. The summed E-state index contributed by atoms with van der Waals surface area (Å²) < 4.78 is 5.57. The quantitative estimate of drug-likeness (QED) is 0.569. The summed E-state index contributed by atoms with van der Waals surface area (Å²) in [6, 6.07) is 8.91. The molecular formula is C19H32O. The van der Waals surface area contributed by atoms with E-state index in [0.717, 1.165) is 6.61 Å². The van der Waals surface area contributed by atoms with Crippen molar-refractivity contribution in [2.24, 2.45) is 0 Å². The summed E-state index contributed by atoms with van der Waals surface area (Å²) in [6.07, 6.45) is 6.64. The molecule has 1 rings (SSSR count). The molecule has 0 N–H and O–H groups in total. The second kappa shape index (κ2) is 8.46. The predicted octanol–water partition coefficient (Wildman–Crippen LogP) is 5.51. The highest BCUT2D eigenvalue weighted by atomic mass is 16.5. The number of benzene rings is 1. The standard InChI is InChI=1S/C19H32O/c1-16(2)20-15-11-7-6-8-12-17-13-9-10-14-18(17)19(3,4)5/h9-10,13-14,16H,6-8,11-12,15H2,1-5H3. The fourth-order valence-electron chi connectivity index (χ4n) is 2.56. The Bertz CT molecular complexity index is 374. The van der Waals surface area contributed by atoms with E-state index in [4.69, 9.17) is 4.74 Å². The van der Waals surface area contributed by atoms with Crippen molar-refractivity contribution < 1.29 is 4.74 Å². The molecule has 114 valence electrons. The van der Waals surface area contributed by atoms with Gasteiger partial charge in [-0.05, 0) is 49.7 Å². The van der Waals surface area contributed by atoms with Gasteiger partial charge >= 0.3 is 0 Å². The molecule has 0 unspecified atom stereocenters. The zero-order valence-electron chi connectivity index (χ0n) is 14.0. The number of aryl methyl sites for hydroxylation is 1. The van der Waals surface area contributed by atoms with E-state index >= 15 is 0 Å². The largest absolute Gasteiger partial charge is 0.379 e. The van der Waals surface area contributed by atoms with Crippen LogP contribution in [0.5, 0.6) is 0 Å². The second-order valence-electron chi connectivity index (χ2n) is 6.99. The van der Waals surface area contributed by atoms with Gasteiger partial charge in [-0.2, -0.15) is 0 Å². The van der Waals surface area contributed by atoms with Crippen molar-refractivity contribution in [3.05, 3.63) is 35.4 Å². The molecule has 0 atom stereocenters. The highest BCUT2D eigenvalue weighted by Gasteiger charge is 2.16. The number of rotatable bonds is 8. The lowest BCUT2D eigenvalue weighted by molar-refractivity contribution is 0.0757. The van der Waals surface area contributed by atoms with Crippen molar-refractivity contribution in [3.8, 4) is 0 Å². The Morgan fingerprint density at radius 1 is 0.950 bits per heavy atom. The summed E-state index contributed by atoms with van der Waals surface area (Å²) in [5.74, 6) is 0. The van der Waals surface area contributed by atoms with Crippen molar-refractivity contribution in [1.29, 1.82) is 0 Å². The molecule has 1 heteroatoms. The molecule has 0 aliphatic rings. The van der Waals surface area contributed by atoms with Gasteiger partial charge in [0.15, 0.2) is 0 Å². The Labute approximate surface area is 125 Å². The van der Waals surface area contributed by atoms with Gasteiger partial charge in [-0.15, -0.1) is 0 Å². The van der Waals surface area contributed by atoms with E-state index in [9.17, 15) is 0 Å². The van der Waals surface area contributed by atoms with Gasteiger partial charge in [0.1, 0.15) is 0 Å². The third-order valence-corrected chi connectivity index (χ3v) is 3.62. The first kappa shape index (κ1) is 17.2. The van der Waals surface area contributed by atoms with E-state index in [1.807, 2.05) is 0 Å². The first-order valence-corrected chi connectivity index (χ1v) is 8.11. The first-order chi connectivity index (χ1) is 9.41. The lowest BCUT2D eigenvalue weighted by Crippen LogP contribution is -2.14. The normalized spacial score (nSPS) is 12.1. The number of hydrogen-bond donors (Lipinski definition) is 0. The lowest BCUT2D eigenvalue weighted by atomic mass is 9.82. The Hall–Kier alpha value is -0.820. The highest BCUT2D eigenvalue weighted by molar-refractivity contribution is 5.32. The first-order valence-electron chi connectivity index (χ1n) is 8.11. The van der Waals surface area contributed by atoms with Gasteiger partial charge in [0.05, 0.1) is 6.10 Å². The van der Waals surface area contributed by atoms with E-state index < -0.39 is 0 Å². The van der Waals surface area contributed by atoms with Gasteiger partial charge in [0, 0.05) is 6.61 Å². The minimum Gasteiger partial charge on any atom is -0.379 e. The van der Waals surface area contributed by atoms with Crippen LogP contribution in [-0.4, -0.2) is 12.7 Å². The van der Waals surface area contributed by atoms with Crippen LogP contribution in [0, 0.1) is 0 Å². The fourth-order valence-corrected chi connectivity index (χ4v) is 2.56. The van der Waals surface area contributed by atoms with Gasteiger partial charge in [-0.1, -0.05) is 57.9 Å². The minimum absolute atomic E-state index is 0.252. The summed E-state index contributed by atoms with van der Waals surface area (Å²) in [4.78, 5) is 0. The molecule has 0 fully saturated rings. The predicted molar refractivity (Wildman–Crippen MR) is 88.4 cm³/mol. The third kappa shape index (κ3) is 6.56. The molecule has 1 aromatic rings. The van der Waals surface area contributed by atoms with Gasteiger partial charge in [-0.25, -0.2) is 0 Å². The maximum absolute atomic E-state index is 5.57. The van der Waals surface area contributed by atoms with Gasteiger partial charge in [-0.3, -0.25) is 0 Å². The van der Waals surface area contributed by atoms with Crippen LogP contribution in [0.15, 0.2) is 24.3 Å². The number of ether oxygens (including phenoxy) is 1. The topological polar surface area (TPSA) is 9.23 Å². The van der Waals surface area contributed by atoms with Crippen molar-refractivity contribution in [1.82, 2.24) is 0 Å².